The third-order valence-corrected chi connectivity index (χ3v) is 5.22. The summed E-state index contributed by atoms with van der Waals surface area (Å²) < 4.78 is 16.4. The third-order valence-electron chi connectivity index (χ3n) is 5.22. The molecule has 1 aliphatic heterocycles. The van der Waals surface area contributed by atoms with Gasteiger partial charge in [0, 0.05) is 17.7 Å². The highest BCUT2D eigenvalue weighted by molar-refractivity contribution is 5.88. The molecule has 0 amide bonds. The number of rotatable bonds is 3. The van der Waals surface area contributed by atoms with Gasteiger partial charge in [0.05, 0.1) is 6.10 Å². The summed E-state index contributed by atoms with van der Waals surface area (Å²) in [5.74, 6) is -2.80. The third kappa shape index (κ3) is 3.56. The fraction of sp³-hybridized carbons (Fsp3) is 0.286. The molecule has 32 heavy (non-hydrogen) atoms. The van der Waals surface area contributed by atoms with E-state index in [2.05, 4.69) is 0 Å². The molecule has 5 atom stereocenters. The van der Waals surface area contributed by atoms with Gasteiger partial charge in [0.2, 0.25) is 17.5 Å². The van der Waals surface area contributed by atoms with Crippen molar-refractivity contribution in [2.45, 2.75) is 37.6 Å². The molecular weight excluding hydrogens is 428 g/mol. The van der Waals surface area contributed by atoms with Crippen LogP contribution in [-0.4, -0.2) is 66.5 Å². The maximum atomic E-state index is 12.6. The molecule has 4 rings (SSSR count). The number of phenols is 3. The Morgan fingerprint density at radius 3 is 2.28 bits per heavy atom. The monoisotopic (exact) mass is 448 g/mol. The van der Waals surface area contributed by atoms with Crippen LogP contribution in [0.5, 0.6) is 28.7 Å². The quantitative estimate of drug-likeness (QED) is 0.276. The summed E-state index contributed by atoms with van der Waals surface area (Å²) in [7, 11) is 0. The van der Waals surface area contributed by atoms with Gasteiger partial charge in [0.1, 0.15) is 40.8 Å². The molecule has 1 aromatic heterocycles. The molecule has 1 unspecified atom stereocenters. The topological polar surface area (TPSA) is 190 Å². The second-order valence-corrected chi connectivity index (χ2v) is 7.43. The van der Waals surface area contributed by atoms with E-state index in [1.54, 1.807) is 0 Å². The van der Waals surface area contributed by atoms with E-state index in [0.29, 0.717) is 0 Å². The van der Waals surface area contributed by atoms with Crippen molar-refractivity contribution in [3.63, 3.8) is 0 Å². The first kappa shape index (κ1) is 21.7. The first-order chi connectivity index (χ1) is 15.1. The van der Waals surface area contributed by atoms with Gasteiger partial charge in [0.25, 0.3) is 0 Å². The van der Waals surface area contributed by atoms with Crippen molar-refractivity contribution >= 4 is 11.0 Å². The largest absolute Gasteiger partial charge is 0.507 e. The number of benzene rings is 2. The second-order valence-electron chi connectivity index (χ2n) is 7.43. The first-order valence-corrected chi connectivity index (χ1v) is 9.50. The molecule has 170 valence electrons. The van der Waals surface area contributed by atoms with Gasteiger partial charge in [-0.15, -0.1) is 0 Å². The number of fused-ring (bicyclic) bond motifs is 1. The Labute approximate surface area is 179 Å². The first-order valence-electron chi connectivity index (χ1n) is 9.50. The van der Waals surface area contributed by atoms with Crippen LogP contribution in [0.25, 0.3) is 22.3 Å². The summed E-state index contributed by atoms with van der Waals surface area (Å²) in [4.78, 5) is 12.6. The van der Waals surface area contributed by atoms with Crippen molar-refractivity contribution in [3.8, 4) is 40.1 Å². The summed E-state index contributed by atoms with van der Waals surface area (Å²) in [6.45, 7) is 1.47. The van der Waals surface area contributed by atoms with Gasteiger partial charge >= 0.3 is 0 Å². The lowest BCUT2D eigenvalue weighted by atomic mass is 10.00. The highest BCUT2D eigenvalue weighted by Gasteiger charge is 2.43. The Morgan fingerprint density at radius 2 is 1.59 bits per heavy atom. The van der Waals surface area contributed by atoms with E-state index in [0.717, 1.165) is 18.2 Å². The van der Waals surface area contributed by atoms with E-state index >= 15 is 0 Å². The van der Waals surface area contributed by atoms with Crippen LogP contribution < -0.4 is 10.2 Å². The fourth-order valence-corrected chi connectivity index (χ4v) is 3.44. The van der Waals surface area contributed by atoms with E-state index in [1.165, 1.54) is 19.1 Å². The molecule has 1 saturated heterocycles. The van der Waals surface area contributed by atoms with Crippen LogP contribution >= 0.6 is 0 Å². The van der Waals surface area contributed by atoms with E-state index in [-0.39, 0.29) is 28.0 Å². The van der Waals surface area contributed by atoms with E-state index < -0.39 is 59.1 Å². The van der Waals surface area contributed by atoms with Crippen molar-refractivity contribution in [1.82, 2.24) is 0 Å². The molecule has 0 spiro atoms. The van der Waals surface area contributed by atoms with Crippen molar-refractivity contribution in [3.05, 3.63) is 40.6 Å². The number of hydrogen-bond acceptors (Lipinski definition) is 11. The lowest BCUT2D eigenvalue weighted by molar-refractivity contribution is -0.268. The van der Waals surface area contributed by atoms with Gasteiger partial charge in [-0.2, -0.15) is 0 Å². The maximum absolute atomic E-state index is 12.6. The van der Waals surface area contributed by atoms with Gasteiger partial charge in [0.15, 0.2) is 17.3 Å². The van der Waals surface area contributed by atoms with E-state index in [9.17, 15) is 40.5 Å². The molecule has 1 aliphatic rings. The lowest BCUT2D eigenvalue weighted by Crippen LogP contribution is -2.58. The van der Waals surface area contributed by atoms with Crippen LogP contribution in [0.3, 0.4) is 0 Å². The van der Waals surface area contributed by atoms with Crippen LogP contribution in [0.15, 0.2) is 39.5 Å². The number of aromatic hydroxyl groups is 4. The van der Waals surface area contributed by atoms with Crippen molar-refractivity contribution in [1.29, 1.82) is 0 Å². The van der Waals surface area contributed by atoms with Crippen molar-refractivity contribution in [2.75, 3.05) is 0 Å². The predicted octanol–water partition coefficient (Wildman–Crippen LogP) is 0.489. The molecule has 2 heterocycles. The molecule has 2 aromatic carbocycles. The molecular formula is C21H20O11. The van der Waals surface area contributed by atoms with Gasteiger partial charge in [-0.25, -0.2) is 0 Å². The Bertz CT molecular complexity index is 1230. The van der Waals surface area contributed by atoms with E-state index in [4.69, 9.17) is 13.9 Å². The summed E-state index contributed by atoms with van der Waals surface area (Å²) in [5.41, 5.74) is -1.09. The number of phenolic OH excluding ortho intramolecular Hbond substituents is 3. The van der Waals surface area contributed by atoms with Crippen LogP contribution in [0.1, 0.15) is 6.92 Å². The highest BCUT2D eigenvalue weighted by Crippen LogP contribution is 2.38. The van der Waals surface area contributed by atoms with Crippen LogP contribution in [0.4, 0.5) is 0 Å². The molecule has 0 aliphatic carbocycles. The standard InChI is InChI=1S/C21H20O11/c1-7-15(25)17(27)19(29)21(30-7)31-9-5-12(24)14-13(6-9)32-20(18(28)16(14)26)8-2-3-10(22)11(23)4-8/h2-7,15,17,19,21-25,27-29H,1H3/t7-,15-,17+,19+,21?/m0/s1. The molecule has 11 nitrogen and oxygen atoms in total. The Morgan fingerprint density at radius 1 is 0.875 bits per heavy atom. The Kier molecular flexibility index (Phi) is 5.34. The number of ether oxygens (including phenoxy) is 2. The van der Waals surface area contributed by atoms with Crippen molar-refractivity contribution < 1.29 is 49.6 Å². The van der Waals surface area contributed by atoms with Crippen LogP contribution in [-0.2, 0) is 4.74 Å². The molecule has 7 N–H and O–H groups in total. The normalized spacial score (nSPS) is 25.7. The zero-order chi connectivity index (χ0) is 23.3. The number of hydrogen-bond donors (Lipinski definition) is 7. The van der Waals surface area contributed by atoms with Gasteiger partial charge < -0.3 is 49.6 Å². The average molecular weight is 448 g/mol. The van der Waals surface area contributed by atoms with Crippen LogP contribution in [0.2, 0.25) is 0 Å². The van der Waals surface area contributed by atoms with E-state index in [1.807, 2.05) is 0 Å². The smallest absolute Gasteiger partial charge is 0.238 e. The molecule has 0 saturated carbocycles. The molecule has 11 heteroatoms. The van der Waals surface area contributed by atoms with Gasteiger partial charge in [-0.3, -0.25) is 4.79 Å². The molecule has 0 radical (unpaired) electrons. The molecule has 0 bridgehead atoms. The van der Waals surface area contributed by atoms with Gasteiger partial charge in [-0.1, -0.05) is 0 Å². The zero-order valence-electron chi connectivity index (χ0n) is 16.5. The summed E-state index contributed by atoms with van der Waals surface area (Å²) in [6.07, 6.45) is -6.75. The van der Waals surface area contributed by atoms with Gasteiger partial charge in [-0.05, 0) is 25.1 Å². The second kappa shape index (κ2) is 7.88. The fourth-order valence-electron chi connectivity index (χ4n) is 3.44. The summed E-state index contributed by atoms with van der Waals surface area (Å²) in [5, 5.41) is 69.3. The zero-order valence-corrected chi connectivity index (χ0v) is 16.5. The van der Waals surface area contributed by atoms with Crippen molar-refractivity contribution in [2.24, 2.45) is 0 Å². The maximum Gasteiger partial charge on any atom is 0.238 e. The molecule has 3 aromatic rings. The SMILES string of the molecule is C[C@@H]1OC(Oc2cc(O)c3c(=O)c(O)c(-c4ccc(O)c(O)c4)oc3c2)[C@H](O)[C@H](O)[C@H]1O. The average Bonchev–Trinajstić information content (AvgIpc) is 2.74. The highest BCUT2D eigenvalue weighted by atomic mass is 16.7. The van der Waals surface area contributed by atoms with Crippen LogP contribution in [0, 0.1) is 0 Å². The minimum atomic E-state index is -1.61. The summed E-state index contributed by atoms with van der Waals surface area (Å²) in [6, 6.07) is 5.72. The lowest BCUT2D eigenvalue weighted by Gasteiger charge is -2.38. The molecule has 1 fully saturated rings. The Balaban J connectivity index is 1.78. The predicted molar refractivity (Wildman–Crippen MR) is 108 cm³/mol. The number of aliphatic hydroxyl groups is 3. The number of aliphatic hydroxyl groups excluding tert-OH is 3. The minimum Gasteiger partial charge on any atom is -0.507 e. The Hall–Kier alpha value is -3.51. The summed E-state index contributed by atoms with van der Waals surface area (Å²) >= 11 is 0. The minimum absolute atomic E-state index is 0.0691.